The van der Waals surface area contributed by atoms with Crippen LogP contribution in [0, 0.1) is 0 Å². The van der Waals surface area contributed by atoms with Gasteiger partial charge in [-0.05, 0) is 43.0 Å². The van der Waals surface area contributed by atoms with Crippen molar-refractivity contribution in [3.8, 4) is 0 Å². The van der Waals surface area contributed by atoms with Crippen LogP contribution in [0.25, 0.3) is 0 Å². The van der Waals surface area contributed by atoms with Gasteiger partial charge in [-0.1, -0.05) is 0 Å². The number of carbonyl (C=O) groups is 1. The van der Waals surface area contributed by atoms with Crippen LogP contribution < -0.4 is 15.5 Å². The molecule has 3 rings (SSSR count). The molecule has 2 aliphatic heterocycles. The summed E-state index contributed by atoms with van der Waals surface area (Å²) in [5.41, 5.74) is 4.00. The first-order valence-corrected chi connectivity index (χ1v) is 7.11. The first kappa shape index (κ1) is 12.3. The molecule has 1 fully saturated rings. The number of carbonyl (C=O) groups excluding carboxylic acids is 1. The summed E-state index contributed by atoms with van der Waals surface area (Å²) in [6.45, 7) is 4.62. The number of rotatable bonds is 2. The molecule has 0 saturated carbocycles. The fourth-order valence-corrected chi connectivity index (χ4v) is 3.06. The highest BCUT2D eigenvalue weighted by molar-refractivity contribution is 5.73. The Morgan fingerprint density at radius 1 is 1.47 bits per heavy atom. The summed E-state index contributed by atoms with van der Waals surface area (Å²) in [5.74, 6) is 0.0708. The summed E-state index contributed by atoms with van der Waals surface area (Å²) < 4.78 is 0. The van der Waals surface area contributed by atoms with Gasteiger partial charge in [0, 0.05) is 44.0 Å². The van der Waals surface area contributed by atoms with Gasteiger partial charge in [-0.25, -0.2) is 0 Å². The smallest absolute Gasteiger partial charge is 0.217 e. The number of nitrogens with zero attached hydrogens (tertiary/aromatic N) is 1. The van der Waals surface area contributed by atoms with Crippen molar-refractivity contribution in [1.29, 1.82) is 0 Å². The molecule has 2 heterocycles. The molecule has 0 aliphatic carbocycles. The molecule has 0 spiro atoms. The molecule has 1 unspecified atom stereocenters. The minimum Gasteiger partial charge on any atom is -0.385 e. The molecule has 4 nitrogen and oxygen atoms in total. The quantitative estimate of drug-likeness (QED) is 0.850. The molecule has 2 aliphatic rings. The zero-order valence-corrected chi connectivity index (χ0v) is 11.4. The third kappa shape index (κ3) is 2.67. The zero-order chi connectivity index (χ0) is 13.2. The predicted molar refractivity (Wildman–Crippen MR) is 77.7 cm³/mol. The second-order valence-electron chi connectivity index (χ2n) is 5.50. The lowest BCUT2D eigenvalue weighted by atomic mass is 10.0. The average Bonchev–Trinajstić information content (AvgIpc) is 2.86. The average molecular weight is 259 g/mol. The summed E-state index contributed by atoms with van der Waals surface area (Å²) in [6, 6.07) is 6.98. The number of fused-ring (bicyclic) bond motifs is 1. The SMILES string of the molecule is CC(=O)NC1CCN(c2ccc3c(c2)CCCN3)C1. The first-order chi connectivity index (χ1) is 9.22. The second kappa shape index (κ2) is 5.11. The van der Waals surface area contributed by atoms with Crippen LogP contribution in [0.2, 0.25) is 0 Å². The summed E-state index contributed by atoms with van der Waals surface area (Å²) in [5, 5.41) is 6.45. The van der Waals surface area contributed by atoms with E-state index < -0.39 is 0 Å². The number of aryl methyl sites for hydroxylation is 1. The van der Waals surface area contributed by atoms with Crippen LogP contribution in [0.3, 0.4) is 0 Å². The maximum Gasteiger partial charge on any atom is 0.217 e. The molecule has 19 heavy (non-hydrogen) atoms. The van der Waals surface area contributed by atoms with E-state index in [0.717, 1.165) is 26.1 Å². The van der Waals surface area contributed by atoms with E-state index in [9.17, 15) is 4.79 Å². The largest absolute Gasteiger partial charge is 0.385 e. The van der Waals surface area contributed by atoms with Gasteiger partial charge in [-0.15, -0.1) is 0 Å². The van der Waals surface area contributed by atoms with Crippen molar-refractivity contribution in [2.24, 2.45) is 0 Å². The molecule has 1 aromatic rings. The minimum atomic E-state index is 0.0708. The molecule has 102 valence electrons. The van der Waals surface area contributed by atoms with Crippen molar-refractivity contribution >= 4 is 17.3 Å². The Kier molecular flexibility index (Phi) is 3.32. The highest BCUT2D eigenvalue weighted by Gasteiger charge is 2.23. The number of hydrogen-bond donors (Lipinski definition) is 2. The maximum absolute atomic E-state index is 11.1. The fourth-order valence-electron chi connectivity index (χ4n) is 3.06. The highest BCUT2D eigenvalue weighted by atomic mass is 16.1. The second-order valence-corrected chi connectivity index (χ2v) is 5.50. The lowest BCUT2D eigenvalue weighted by Gasteiger charge is -2.23. The van der Waals surface area contributed by atoms with Crippen LogP contribution in [0.15, 0.2) is 18.2 Å². The van der Waals surface area contributed by atoms with Gasteiger partial charge >= 0.3 is 0 Å². The molecule has 0 bridgehead atoms. The van der Waals surface area contributed by atoms with E-state index in [1.807, 2.05) is 0 Å². The van der Waals surface area contributed by atoms with E-state index in [0.29, 0.717) is 6.04 Å². The number of nitrogens with one attached hydrogen (secondary N) is 2. The molecular formula is C15H21N3O. The summed E-state index contributed by atoms with van der Waals surface area (Å²) in [7, 11) is 0. The third-order valence-electron chi connectivity index (χ3n) is 3.99. The van der Waals surface area contributed by atoms with Crippen LogP contribution in [-0.2, 0) is 11.2 Å². The summed E-state index contributed by atoms with van der Waals surface area (Å²) in [6.07, 6.45) is 3.42. The monoisotopic (exact) mass is 259 g/mol. The topological polar surface area (TPSA) is 44.4 Å². The lowest BCUT2D eigenvalue weighted by molar-refractivity contribution is -0.119. The van der Waals surface area contributed by atoms with Crippen LogP contribution in [0.1, 0.15) is 25.3 Å². The zero-order valence-electron chi connectivity index (χ0n) is 11.4. The first-order valence-electron chi connectivity index (χ1n) is 7.11. The molecular weight excluding hydrogens is 238 g/mol. The summed E-state index contributed by atoms with van der Waals surface area (Å²) >= 11 is 0. The van der Waals surface area contributed by atoms with Crippen molar-refractivity contribution in [2.45, 2.75) is 32.2 Å². The van der Waals surface area contributed by atoms with Crippen molar-refractivity contribution in [2.75, 3.05) is 29.9 Å². The fraction of sp³-hybridized carbons (Fsp3) is 0.533. The van der Waals surface area contributed by atoms with Crippen molar-refractivity contribution in [3.05, 3.63) is 23.8 Å². The Morgan fingerprint density at radius 2 is 2.37 bits per heavy atom. The molecule has 4 heteroatoms. The summed E-state index contributed by atoms with van der Waals surface area (Å²) in [4.78, 5) is 13.5. The molecule has 1 amide bonds. The predicted octanol–water partition coefficient (Wildman–Crippen LogP) is 1.76. The number of benzene rings is 1. The van der Waals surface area contributed by atoms with Crippen molar-refractivity contribution in [1.82, 2.24) is 5.32 Å². The molecule has 0 aromatic heterocycles. The lowest BCUT2D eigenvalue weighted by Crippen LogP contribution is -2.35. The Hall–Kier alpha value is -1.71. The van der Waals surface area contributed by atoms with Gasteiger partial charge in [0.25, 0.3) is 0 Å². The van der Waals surface area contributed by atoms with Crippen LogP contribution in [0.5, 0.6) is 0 Å². The number of hydrogen-bond acceptors (Lipinski definition) is 3. The standard InChI is InChI=1S/C15H21N3O/c1-11(19)17-13-6-8-18(10-13)14-4-5-15-12(9-14)3-2-7-16-15/h4-5,9,13,16H,2-3,6-8,10H2,1H3,(H,17,19). The van der Waals surface area contributed by atoms with Crippen LogP contribution in [0.4, 0.5) is 11.4 Å². The number of anilines is 2. The highest BCUT2D eigenvalue weighted by Crippen LogP contribution is 2.28. The molecule has 1 saturated heterocycles. The Labute approximate surface area is 114 Å². The third-order valence-corrected chi connectivity index (χ3v) is 3.99. The van der Waals surface area contributed by atoms with Crippen molar-refractivity contribution < 1.29 is 4.79 Å². The van der Waals surface area contributed by atoms with Gasteiger partial charge in [0.1, 0.15) is 0 Å². The molecule has 1 aromatic carbocycles. The van der Waals surface area contributed by atoms with E-state index in [-0.39, 0.29) is 5.91 Å². The van der Waals surface area contributed by atoms with E-state index in [4.69, 9.17) is 0 Å². The minimum absolute atomic E-state index is 0.0708. The van der Waals surface area contributed by atoms with Crippen molar-refractivity contribution in [3.63, 3.8) is 0 Å². The Balaban J connectivity index is 1.71. The van der Waals surface area contributed by atoms with E-state index in [2.05, 4.69) is 33.7 Å². The van der Waals surface area contributed by atoms with Gasteiger partial charge in [0.15, 0.2) is 0 Å². The Morgan fingerprint density at radius 3 is 3.21 bits per heavy atom. The van der Waals surface area contributed by atoms with Gasteiger partial charge in [-0.2, -0.15) is 0 Å². The molecule has 0 radical (unpaired) electrons. The van der Waals surface area contributed by atoms with Gasteiger partial charge < -0.3 is 15.5 Å². The van der Waals surface area contributed by atoms with Gasteiger partial charge in [0.05, 0.1) is 0 Å². The molecule has 2 N–H and O–H groups in total. The molecule has 1 atom stereocenters. The van der Waals surface area contributed by atoms with Crippen LogP contribution >= 0.6 is 0 Å². The van der Waals surface area contributed by atoms with E-state index in [1.54, 1.807) is 6.92 Å². The van der Waals surface area contributed by atoms with E-state index >= 15 is 0 Å². The maximum atomic E-state index is 11.1. The van der Waals surface area contributed by atoms with E-state index in [1.165, 1.54) is 29.8 Å². The van der Waals surface area contributed by atoms with Gasteiger partial charge in [-0.3, -0.25) is 4.79 Å². The van der Waals surface area contributed by atoms with Gasteiger partial charge in [0.2, 0.25) is 5.91 Å². The number of amides is 1. The normalized spacial score (nSPS) is 21.7. The Bertz CT molecular complexity index is 486. The van der Waals surface area contributed by atoms with Crippen LogP contribution in [-0.4, -0.2) is 31.6 Å².